The first-order valence-electron chi connectivity index (χ1n) is 8.74. The Hall–Kier alpha value is -2.47. The van der Waals surface area contributed by atoms with Crippen LogP contribution >= 0.6 is 11.3 Å². The van der Waals surface area contributed by atoms with Crippen LogP contribution in [0.4, 0.5) is 0 Å². The first kappa shape index (κ1) is 18.3. The summed E-state index contributed by atoms with van der Waals surface area (Å²) in [6.45, 7) is 9.85. The minimum absolute atomic E-state index is 0.0766. The predicted molar refractivity (Wildman–Crippen MR) is 105 cm³/mol. The van der Waals surface area contributed by atoms with Crippen molar-refractivity contribution >= 4 is 17.2 Å². The van der Waals surface area contributed by atoms with Crippen LogP contribution in [0.1, 0.15) is 51.7 Å². The SMILES string of the molecule is Cc1nc(-n2nc(C)c(Cc3ccccc3)c2C)sc1C(=O)NC(C)C. The van der Waals surface area contributed by atoms with Gasteiger partial charge in [0, 0.05) is 23.7 Å². The van der Waals surface area contributed by atoms with Gasteiger partial charge < -0.3 is 5.32 Å². The zero-order chi connectivity index (χ0) is 18.8. The van der Waals surface area contributed by atoms with E-state index >= 15 is 0 Å². The molecule has 2 aromatic heterocycles. The zero-order valence-electron chi connectivity index (χ0n) is 15.8. The lowest BCUT2D eigenvalue weighted by Crippen LogP contribution is -2.29. The first-order valence-corrected chi connectivity index (χ1v) is 9.56. The van der Waals surface area contributed by atoms with Crippen molar-refractivity contribution in [2.24, 2.45) is 0 Å². The molecule has 0 aliphatic heterocycles. The number of hydrogen-bond acceptors (Lipinski definition) is 4. The molecule has 0 fully saturated rings. The standard InChI is InChI=1S/C20H24N4OS/c1-12(2)21-19(25)18-14(4)22-20(26-18)24-15(5)17(13(3)23-24)11-16-9-7-6-8-10-16/h6-10,12H,11H2,1-5H3,(H,21,25). The van der Waals surface area contributed by atoms with Gasteiger partial charge in [0.25, 0.3) is 5.91 Å². The third-order valence-electron chi connectivity index (χ3n) is 4.26. The maximum absolute atomic E-state index is 12.3. The Morgan fingerprint density at radius 1 is 1.15 bits per heavy atom. The molecule has 2 heterocycles. The van der Waals surface area contributed by atoms with Crippen LogP contribution in [-0.2, 0) is 6.42 Å². The van der Waals surface area contributed by atoms with E-state index in [0.717, 1.165) is 28.6 Å². The Kier molecular flexibility index (Phi) is 5.23. The van der Waals surface area contributed by atoms with Crippen LogP contribution < -0.4 is 5.32 Å². The van der Waals surface area contributed by atoms with E-state index in [9.17, 15) is 4.79 Å². The van der Waals surface area contributed by atoms with Gasteiger partial charge >= 0.3 is 0 Å². The Balaban J connectivity index is 1.93. The fourth-order valence-corrected chi connectivity index (χ4v) is 3.90. The van der Waals surface area contributed by atoms with E-state index in [2.05, 4.69) is 34.5 Å². The second kappa shape index (κ2) is 7.41. The van der Waals surface area contributed by atoms with Crippen molar-refractivity contribution < 1.29 is 4.79 Å². The summed E-state index contributed by atoms with van der Waals surface area (Å²) in [5.41, 5.74) is 5.26. The third-order valence-corrected chi connectivity index (χ3v) is 5.39. The van der Waals surface area contributed by atoms with E-state index in [1.165, 1.54) is 22.5 Å². The smallest absolute Gasteiger partial charge is 0.263 e. The summed E-state index contributed by atoms with van der Waals surface area (Å²) in [7, 11) is 0. The normalized spacial score (nSPS) is 11.2. The second-order valence-electron chi connectivity index (χ2n) is 6.76. The van der Waals surface area contributed by atoms with E-state index in [4.69, 9.17) is 0 Å². The molecule has 3 rings (SSSR count). The molecule has 0 saturated carbocycles. The molecule has 0 saturated heterocycles. The summed E-state index contributed by atoms with van der Waals surface area (Å²) >= 11 is 1.38. The lowest BCUT2D eigenvalue weighted by atomic mass is 10.0. The fourth-order valence-electron chi connectivity index (χ4n) is 2.93. The van der Waals surface area contributed by atoms with Crippen LogP contribution in [0.15, 0.2) is 30.3 Å². The van der Waals surface area contributed by atoms with Crippen LogP contribution in [0.3, 0.4) is 0 Å². The van der Waals surface area contributed by atoms with Gasteiger partial charge in [-0.3, -0.25) is 4.79 Å². The highest BCUT2D eigenvalue weighted by Crippen LogP contribution is 2.26. The molecule has 0 bridgehead atoms. The summed E-state index contributed by atoms with van der Waals surface area (Å²) in [5, 5.41) is 8.35. The van der Waals surface area contributed by atoms with Crippen LogP contribution in [0.2, 0.25) is 0 Å². The number of nitrogens with one attached hydrogen (secondary N) is 1. The third kappa shape index (κ3) is 3.70. The van der Waals surface area contributed by atoms with Gasteiger partial charge in [0.15, 0.2) is 0 Å². The molecule has 0 aliphatic rings. The van der Waals surface area contributed by atoms with Gasteiger partial charge in [-0.2, -0.15) is 5.10 Å². The molecule has 1 N–H and O–H groups in total. The van der Waals surface area contributed by atoms with E-state index in [0.29, 0.717) is 4.88 Å². The quantitative estimate of drug-likeness (QED) is 0.741. The lowest BCUT2D eigenvalue weighted by molar-refractivity contribution is 0.0946. The van der Waals surface area contributed by atoms with E-state index in [1.54, 1.807) is 0 Å². The van der Waals surface area contributed by atoms with E-state index < -0.39 is 0 Å². The second-order valence-corrected chi connectivity index (χ2v) is 7.74. The van der Waals surface area contributed by atoms with Crippen molar-refractivity contribution in [2.45, 2.75) is 47.1 Å². The molecule has 0 spiro atoms. The largest absolute Gasteiger partial charge is 0.349 e. The van der Waals surface area contributed by atoms with Gasteiger partial charge in [-0.25, -0.2) is 9.67 Å². The molecule has 0 aliphatic carbocycles. The number of benzene rings is 1. The number of rotatable bonds is 5. The van der Waals surface area contributed by atoms with Gasteiger partial charge in [-0.15, -0.1) is 0 Å². The summed E-state index contributed by atoms with van der Waals surface area (Å²) in [5.74, 6) is -0.0766. The highest BCUT2D eigenvalue weighted by atomic mass is 32.1. The number of aryl methyl sites for hydroxylation is 2. The van der Waals surface area contributed by atoms with Crippen LogP contribution in [0.5, 0.6) is 0 Å². The molecular weight excluding hydrogens is 344 g/mol. The van der Waals surface area contributed by atoms with Gasteiger partial charge in [-0.1, -0.05) is 41.7 Å². The summed E-state index contributed by atoms with van der Waals surface area (Å²) < 4.78 is 1.86. The average Bonchev–Trinajstić information content (AvgIpc) is 3.10. The maximum atomic E-state index is 12.3. The van der Waals surface area contributed by atoms with Crippen molar-refractivity contribution in [3.8, 4) is 5.13 Å². The Morgan fingerprint density at radius 3 is 2.50 bits per heavy atom. The molecule has 136 valence electrons. The summed E-state index contributed by atoms with van der Waals surface area (Å²) in [6.07, 6.45) is 0.837. The molecule has 0 unspecified atom stereocenters. The first-order chi connectivity index (χ1) is 12.4. The number of amides is 1. The average molecular weight is 369 g/mol. The maximum Gasteiger partial charge on any atom is 0.263 e. The molecular formula is C20H24N4OS. The number of thiazole rings is 1. The highest BCUT2D eigenvalue weighted by molar-refractivity contribution is 7.16. The van der Waals surface area contributed by atoms with Gasteiger partial charge in [0.2, 0.25) is 5.13 Å². The van der Waals surface area contributed by atoms with Crippen molar-refractivity contribution in [2.75, 3.05) is 0 Å². The van der Waals surface area contributed by atoms with Gasteiger partial charge in [-0.05, 0) is 40.2 Å². The van der Waals surface area contributed by atoms with E-state index in [1.807, 2.05) is 50.6 Å². The van der Waals surface area contributed by atoms with Crippen molar-refractivity contribution in [3.05, 3.63) is 63.4 Å². The number of carbonyl (C=O) groups excluding carboxylic acids is 1. The van der Waals surface area contributed by atoms with Crippen LogP contribution in [0, 0.1) is 20.8 Å². The topological polar surface area (TPSA) is 59.8 Å². The molecule has 6 heteroatoms. The molecule has 0 atom stereocenters. The minimum Gasteiger partial charge on any atom is -0.349 e. The minimum atomic E-state index is -0.0766. The molecule has 1 aromatic carbocycles. The summed E-state index contributed by atoms with van der Waals surface area (Å²) in [4.78, 5) is 17.6. The molecule has 0 radical (unpaired) electrons. The fraction of sp³-hybridized carbons (Fsp3) is 0.350. The van der Waals surface area contributed by atoms with E-state index in [-0.39, 0.29) is 11.9 Å². The van der Waals surface area contributed by atoms with Gasteiger partial charge in [0.1, 0.15) is 4.88 Å². The Bertz CT molecular complexity index is 925. The highest BCUT2D eigenvalue weighted by Gasteiger charge is 2.20. The monoisotopic (exact) mass is 368 g/mol. The zero-order valence-corrected chi connectivity index (χ0v) is 16.6. The molecule has 26 heavy (non-hydrogen) atoms. The van der Waals surface area contributed by atoms with Crippen molar-refractivity contribution in [3.63, 3.8) is 0 Å². The van der Waals surface area contributed by atoms with Crippen LogP contribution in [0.25, 0.3) is 5.13 Å². The predicted octanol–water partition coefficient (Wildman–Crippen LogP) is 3.98. The number of nitrogens with zero attached hydrogens (tertiary/aromatic N) is 3. The molecule has 3 aromatic rings. The van der Waals surface area contributed by atoms with Crippen LogP contribution in [-0.4, -0.2) is 26.7 Å². The Morgan fingerprint density at radius 2 is 1.85 bits per heavy atom. The number of aromatic nitrogens is 3. The number of carbonyl (C=O) groups is 1. The molecule has 1 amide bonds. The number of hydrogen-bond donors (Lipinski definition) is 1. The van der Waals surface area contributed by atoms with Gasteiger partial charge in [0.05, 0.1) is 11.4 Å². The summed E-state index contributed by atoms with van der Waals surface area (Å²) in [6, 6.07) is 10.5. The lowest BCUT2D eigenvalue weighted by Gasteiger charge is -2.06. The Labute approximate surface area is 158 Å². The van der Waals surface area contributed by atoms with Crippen molar-refractivity contribution in [1.82, 2.24) is 20.1 Å². The van der Waals surface area contributed by atoms with Crippen molar-refractivity contribution in [1.29, 1.82) is 0 Å². The molecule has 5 nitrogen and oxygen atoms in total.